The van der Waals surface area contributed by atoms with Crippen LogP contribution in [0.4, 0.5) is 0 Å². The Bertz CT molecular complexity index is 1110. The molecule has 2 N–H and O–H groups in total. The summed E-state index contributed by atoms with van der Waals surface area (Å²) < 4.78 is 5.51. The Balaban J connectivity index is 1.66. The van der Waals surface area contributed by atoms with Crippen LogP contribution in [0.2, 0.25) is 0 Å². The van der Waals surface area contributed by atoms with E-state index in [0.717, 1.165) is 24.8 Å². The summed E-state index contributed by atoms with van der Waals surface area (Å²) in [5, 5.41) is 13.8. The van der Waals surface area contributed by atoms with Crippen molar-refractivity contribution in [2.24, 2.45) is 5.92 Å². The molecule has 0 saturated heterocycles. The molecule has 1 atom stereocenters. The van der Waals surface area contributed by atoms with Gasteiger partial charge in [0.2, 0.25) is 5.89 Å². The molecule has 2 aromatic rings. The second kappa shape index (κ2) is 10.4. The first-order valence-corrected chi connectivity index (χ1v) is 11.3. The molecule has 2 aliphatic carbocycles. The van der Waals surface area contributed by atoms with E-state index in [-0.39, 0.29) is 12.0 Å². The van der Waals surface area contributed by atoms with Crippen molar-refractivity contribution in [3.8, 4) is 0 Å². The van der Waals surface area contributed by atoms with Gasteiger partial charge in [0.05, 0.1) is 6.20 Å². The van der Waals surface area contributed by atoms with E-state index in [1.165, 1.54) is 12.5 Å². The van der Waals surface area contributed by atoms with E-state index < -0.39 is 11.5 Å². The van der Waals surface area contributed by atoms with Crippen LogP contribution in [0.1, 0.15) is 50.0 Å². The summed E-state index contributed by atoms with van der Waals surface area (Å²) in [6.45, 7) is 0.513. The Kier molecular flexibility index (Phi) is 7.13. The highest BCUT2D eigenvalue weighted by atomic mass is 16.4. The van der Waals surface area contributed by atoms with E-state index in [9.17, 15) is 14.7 Å². The van der Waals surface area contributed by atoms with Crippen molar-refractivity contribution in [1.29, 1.82) is 0 Å². The second-order valence-electron chi connectivity index (χ2n) is 8.34. The molecule has 0 spiro atoms. The number of aliphatic carboxylic acids is 1. The normalized spacial score (nSPS) is 17.7. The van der Waals surface area contributed by atoms with Crippen molar-refractivity contribution in [2.75, 3.05) is 6.54 Å². The summed E-state index contributed by atoms with van der Waals surface area (Å²) in [6, 6.07) is 3.78. The fourth-order valence-corrected chi connectivity index (χ4v) is 4.13. The summed E-state index contributed by atoms with van der Waals surface area (Å²) in [5.41, 5.74) is 0.522. The quantitative estimate of drug-likeness (QED) is 0.498. The van der Waals surface area contributed by atoms with E-state index in [2.05, 4.69) is 15.3 Å². The maximum absolute atomic E-state index is 12.9. The Labute approximate surface area is 192 Å². The molecule has 1 saturated carbocycles. The minimum absolute atomic E-state index is 0.164. The van der Waals surface area contributed by atoms with E-state index in [1.807, 2.05) is 42.4 Å². The Hall–Kier alpha value is -3.54. The molecule has 1 fully saturated rings. The van der Waals surface area contributed by atoms with Crippen LogP contribution in [-0.4, -0.2) is 39.1 Å². The number of carbonyl (C=O) groups is 1. The third-order valence-corrected chi connectivity index (χ3v) is 6.03. The molecule has 0 aliphatic heterocycles. The molecule has 33 heavy (non-hydrogen) atoms. The van der Waals surface area contributed by atoms with Gasteiger partial charge in [-0.05, 0) is 68.2 Å². The average molecular weight is 446 g/mol. The lowest BCUT2D eigenvalue weighted by atomic mass is 9.75. The van der Waals surface area contributed by atoms with Gasteiger partial charge in [0.1, 0.15) is 12.2 Å². The molecule has 7 heteroatoms. The van der Waals surface area contributed by atoms with Crippen molar-refractivity contribution in [3.63, 3.8) is 0 Å². The zero-order valence-corrected chi connectivity index (χ0v) is 18.4. The predicted molar refractivity (Wildman–Crippen MR) is 125 cm³/mol. The first-order chi connectivity index (χ1) is 16.1. The van der Waals surface area contributed by atoms with Crippen LogP contribution in [0.15, 0.2) is 70.8 Å². The summed E-state index contributed by atoms with van der Waals surface area (Å²) in [6.07, 6.45) is 18.3. The van der Waals surface area contributed by atoms with Crippen LogP contribution < -0.4 is 5.32 Å². The van der Waals surface area contributed by atoms with E-state index in [4.69, 9.17) is 4.42 Å². The predicted octanol–water partition coefficient (Wildman–Crippen LogP) is 4.25. The molecule has 4 rings (SSSR count). The fraction of sp³-hybridized carbons (Fsp3) is 0.346. The number of hydrogen-bond acceptors (Lipinski definition) is 6. The lowest BCUT2D eigenvalue weighted by Gasteiger charge is -2.35. The Morgan fingerprint density at radius 2 is 2.15 bits per heavy atom. The number of aromatic nitrogens is 2. The highest BCUT2D eigenvalue weighted by molar-refractivity contribution is 5.98. The van der Waals surface area contributed by atoms with E-state index in [1.54, 1.807) is 12.4 Å². The van der Waals surface area contributed by atoms with Crippen LogP contribution in [0.5, 0.6) is 0 Å². The number of hydrogen-bond donors (Lipinski definition) is 2. The van der Waals surface area contributed by atoms with Gasteiger partial charge >= 0.3 is 5.97 Å². The number of carbonyl (C=O) groups excluding carboxylic acids is 1. The average Bonchev–Trinajstić information content (AvgIpc) is 3.51. The highest BCUT2D eigenvalue weighted by Crippen LogP contribution is 2.40. The van der Waals surface area contributed by atoms with Gasteiger partial charge in [-0.15, -0.1) is 0 Å². The van der Waals surface area contributed by atoms with E-state index in [0.29, 0.717) is 42.3 Å². The van der Waals surface area contributed by atoms with E-state index >= 15 is 0 Å². The molecular formula is C26H27N3O4. The third kappa shape index (κ3) is 5.11. The third-order valence-electron chi connectivity index (χ3n) is 6.03. The number of rotatable bonds is 11. The van der Waals surface area contributed by atoms with Crippen LogP contribution in [0.25, 0.3) is 11.6 Å². The molecule has 1 unspecified atom stereocenters. The maximum Gasteiger partial charge on any atom is 0.333 e. The summed E-state index contributed by atoms with van der Waals surface area (Å²) in [5.74, 6) is 1.63. The number of carboxylic acids is 1. The van der Waals surface area contributed by atoms with Gasteiger partial charge in [-0.2, -0.15) is 0 Å². The van der Waals surface area contributed by atoms with Crippen molar-refractivity contribution >= 4 is 23.6 Å². The lowest BCUT2D eigenvalue weighted by Crippen LogP contribution is -2.56. The summed E-state index contributed by atoms with van der Waals surface area (Å²) >= 11 is 0. The van der Waals surface area contributed by atoms with Crippen molar-refractivity contribution < 1.29 is 19.1 Å². The standard InChI is InChI=1S/C26H27N3O4/c30-18-21(8-2-1-6-19-7-5-13-27-16-19)26(25(31)32,29-17-20-11-12-20)23-10-4-3-9-22(23)24-28-14-15-33-24/h1,5-7,9-10,13-16,20,29H,2-4,8,11-12,17H2,(H,31,32). The number of pyridine rings is 1. The zero-order valence-electron chi connectivity index (χ0n) is 18.4. The molecule has 0 amide bonds. The highest BCUT2D eigenvalue weighted by Gasteiger charge is 2.49. The van der Waals surface area contributed by atoms with Gasteiger partial charge in [0.25, 0.3) is 0 Å². The van der Waals surface area contributed by atoms with Crippen LogP contribution in [-0.2, 0) is 9.59 Å². The van der Waals surface area contributed by atoms with Crippen LogP contribution >= 0.6 is 0 Å². The number of allylic oxidation sites excluding steroid dienone is 3. The molecule has 0 bridgehead atoms. The minimum Gasteiger partial charge on any atom is -0.479 e. The summed E-state index contributed by atoms with van der Waals surface area (Å²) in [4.78, 5) is 33.5. The van der Waals surface area contributed by atoms with Gasteiger partial charge in [0, 0.05) is 23.5 Å². The van der Waals surface area contributed by atoms with Crippen LogP contribution in [0, 0.1) is 5.92 Å². The van der Waals surface area contributed by atoms with Gasteiger partial charge < -0.3 is 9.52 Å². The number of nitrogens with one attached hydrogen (secondary N) is 1. The largest absolute Gasteiger partial charge is 0.479 e. The van der Waals surface area contributed by atoms with Crippen molar-refractivity contribution in [1.82, 2.24) is 15.3 Å². The maximum atomic E-state index is 12.9. The lowest BCUT2D eigenvalue weighted by molar-refractivity contribution is -0.141. The Morgan fingerprint density at radius 1 is 1.30 bits per heavy atom. The molecule has 2 aromatic heterocycles. The number of oxazole rings is 1. The second-order valence-corrected chi connectivity index (χ2v) is 8.34. The smallest absolute Gasteiger partial charge is 0.333 e. The Morgan fingerprint density at radius 3 is 2.82 bits per heavy atom. The summed E-state index contributed by atoms with van der Waals surface area (Å²) in [7, 11) is 0. The molecule has 0 radical (unpaired) electrons. The van der Waals surface area contributed by atoms with Gasteiger partial charge in [0.15, 0.2) is 5.54 Å². The number of carboxylic acid groups (broad SMARTS) is 1. The zero-order chi connectivity index (χ0) is 23.1. The molecular weight excluding hydrogens is 418 g/mol. The fourth-order valence-electron chi connectivity index (χ4n) is 4.13. The van der Waals surface area contributed by atoms with Gasteiger partial charge in [-0.3, -0.25) is 10.3 Å². The first-order valence-electron chi connectivity index (χ1n) is 11.3. The molecule has 170 valence electrons. The monoisotopic (exact) mass is 445 g/mol. The minimum atomic E-state index is -1.69. The SMILES string of the molecule is O=C=C(CCC=Cc1cccnc1)C(NCC1CC1)(C(=O)O)C1=CCCC=C1c1ncco1. The van der Waals surface area contributed by atoms with Gasteiger partial charge in [-0.25, -0.2) is 14.6 Å². The molecule has 2 aliphatic rings. The molecule has 7 nitrogen and oxygen atoms in total. The van der Waals surface area contributed by atoms with Crippen LogP contribution in [0.3, 0.4) is 0 Å². The molecule has 2 heterocycles. The van der Waals surface area contributed by atoms with Gasteiger partial charge in [-0.1, -0.05) is 30.4 Å². The first kappa shape index (κ1) is 22.6. The van der Waals surface area contributed by atoms with Crippen molar-refractivity contribution in [3.05, 3.63) is 77.8 Å². The van der Waals surface area contributed by atoms with Crippen molar-refractivity contribution in [2.45, 2.75) is 44.1 Å². The number of nitrogens with zero attached hydrogens (tertiary/aromatic N) is 2. The molecule has 0 aromatic carbocycles. The topological polar surface area (TPSA) is 105 Å².